The lowest BCUT2D eigenvalue weighted by molar-refractivity contribution is -0.121. The maximum absolute atomic E-state index is 13.1. The molecule has 0 spiro atoms. The summed E-state index contributed by atoms with van der Waals surface area (Å²) in [6.45, 7) is 3.56. The molecule has 1 aromatic rings. The van der Waals surface area contributed by atoms with Crippen molar-refractivity contribution in [3.8, 4) is 0 Å². The van der Waals surface area contributed by atoms with E-state index in [1.807, 2.05) is 13.8 Å². The molecule has 1 rings (SSSR count). The highest BCUT2D eigenvalue weighted by Crippen LogP contribution is 2.27. The second-order valence-electron chi connectivity index (χ2n) is 3.66. The third-order valence-corrected chi connectivity index (χ3v) is 2.37. The predicted octanol–water partition coefficient (Wildman–Crippen LogP) is 3.50. The summed E-state index contributed by atoms with van der Waals surface area (Å²) in [5, 5.41) is 2.22. The first-order chi connectivity index (χ1) is 7.90. The summed E-state index contributed by atoms with van der Waals surface area (Å²) in [4.78, 5) is 11.4. The Kier molecular flexibility index (Phi) is 5.18. The normalized spacial score (nSPS) is 10.7. The molecule has 3 nitrogen and oxygen atoms in total. The Morgan fingerprint density at radius 3 is 2.41 bits per heavy atom. The molecule has 0 aliphatic carbocycles. The quantitative estimate of drug-likeness (QED) is 0.857. The highest BCUT2D eigenvalue weighted by molar-refractivity contribution is 6.35. The predicted molar refractivity (Wildman–Crippen MR) is 66.1 cm³/mol. The van der Waals surface area contributed by atoms with Gasteiger partial charge in [0, 0.05) is 5.69 Å². The first kappa shape index (κ1) is 14.2. The Balaban J connectivity index is 2.66. The second-order valence-corrected chi connectivity index (χ2v) is 4.48. The van der Waals surface area contributed by atoms with Crippen molar-refractivity contribution in [2.75, 3.05) is 11.9 Å². The van der Waals surface area contributed by atoms with Crippen molar-refractivity contribution in [3.05, 3.63) is 28.0 Å². The molecular formula is C11H12Cl2FNO2. The number of carbonyl (C=O) groups is 1. The Bertz CT molecular complexity index is 401. The van der Waals surface area contributed by atoms with Gasteiger partial charge in [-0.15, -0.1) is 0 Å². The SMILES string of the molecule is CC(C)OCC(=O)Nc1cc(Cl)c(F)c(Cl)c1. The van der Waals surface area contributed by atoms with Crippen molar-refractivity contribution < 1.29 is 13.9 Å². The summed E-state index contributed by atoms with van der Waals surface area (Å²) in [6, 6.07) is 2.58. The molecule has 1 amide bonds. The van der Waals surface area contributed by atoms with Gasteiger partial charge in [0.15, 0.2) is 5.82 Å². The minimum absolute atomic E-state index is 0.0406. The van der Waals surface area contributed by atoms with Crippen molar-refractivity contribution in [2.45, 2.75) is 20.0 Å². The summed E-state index contributed by atoms with van der Waals surface area (Å²) < 4.78 is 18.2. The first-order valence-corrected chi connectivity index (χ1v) is 5.71. The van der Waals surface area contributed by atoms with Gasteiger partial charge in [0.05, 0.1) is 16.1 Å². The number of benzene rings is 1. The molecule has 0 aliphatic rings. The van der Waals surface area contributed by atoms with Gasteiger partial charge in [-0.25, -0.2) is 4.39 Å². The Morgan fingerprint density at radius 2 is 1.94 bits per heavy atom. The Morgan fingerprint density at radius 1 is 1.41 bits per heavy atom. The van der Waals surface area contributed by atoms with Crippen molar-refractivity contribution in [2.24, 2.45) is 0 Å². The van der Waals surface area contributed by atoms with E-state index < -0.39 is 5.82 Å². The molecule has 17 heavy (non-hydrogen) atoms. The monoisotopic (exact) mass is 279 g/mol. The molecule has 0 fully saturated rings. The van der Waals surface area contributed by atoms with E-state index in [1.165, 1.54) is 12.1 Å². The molecule has 94 valence electrons. The van der Waals surface area contributed by atoms with Crippen molar-refractivity contribution in [1.82, 2.24) is 0 Å². The maximum atomic E-state index is 13.1. The zero-order valence-electron chi connectivity index (χ0n) is 9.39. The number of halogens is 3. The molecule has 0 atom stereocenters. The fraction of sp³-hybridized carbons (Fsp3) is 0.364. The first-order valence-electron chi connectivity index (χ1n) is 4.96. The van der Waals surface area contributed by atoms with Crippen molar-refractivity contribution in [3.63, 3.8) is 0 Å². The molecule has 0 aromatic heterocycles. The van der Waals surface area contributed by atoms with Gasteiger partial charge in [-0.1, -0.05) is 23.2 Å². The van der Waals surface area contributed by atoms with Crippen LogP contribution in [0.4, 0.5) is 10.1 Å². The molecule has 6 heteroatoms. The van der Waals surface area contributed by atoms with Crippen LogP contribution in [0.2, 0.25) is 10.0 Å². The number of nitrogens with one attached hydrogen (secondary N) is 1. The van der Waals surface area contributed by atoms with Crippen LogP contribution >= 0.6 is 23.2 Å². The number of rotatable bonds is 4. The van der Waals surface area contributed by atoms with E-state index in [1.54, 1.807) is 0 Å². The summed E-state index contributed by atoms with van der Waals surface area (Å²) in [7, 11) is 0. The number of carbonyl (C=O) groups excluding carboxylic acids is 1. The van der Waals surface area contributed by atoms with Gasteiger partial charge < -0.3 is 10.1 Å². The highest BCUT2D eigenvalue weighted by Gasteiger charge is 2.10. The minimum Gasteiger partial charge on any atom is -0.369 e. The van der Waals surface area contributed by atoms with Gasteiger partial charge in [0.2, 0.25) is 5.91 Å². The standard InChI is InChI=1S/C11H12Cl2FNO2/c1-6(2)17-5-10(16)15-7-3-8(12)11(14)9(13)4-7/h3-4,6H,5H2,1-2H3,(H,15,16). The average Bonchev–Trinajstić information content (AvgIpc) is 2.23. The maximum Gasteiger partial charge on any atom is 0.250 e. The number of ether oxygens (including phenoxy) is 1. The highest BCUT2D eigenvalue weighted by atomic mass is 35.5. The molecule has 0 unspecified atom stereocenters. The van der Waals surface area contributed by atoms with Crippen LogP contribution in [-0.2, 0) is 9.53 Å². The molecule has 0 radical (unpaired) electrons. The minimum atomic E-state index is -0.704. The number of anilines is 1. The summed E-state index contributed by atoms with van der Waals surface area (Å²) in [6.07, 6.45) is -0.0406. The number of hydrogen-bond acceptors (Lipinski definition) is 2. The van der Waals surface area contributed by atoms with Crippen LogP contribution in [0.25, 0.3) is 0 Å². The van der Waals surface area contributed by atoms with E-state index in [0.717, 1.165) is 0 Å². The van der Waals surface area contributed by atoms with E-state index in [0.29, 0.717) is 5.69 Å². The van der Waals surface area contributed by atoms with Gasteiger partial charge in [-0.2, -0.15) is 0 Å². The van der Waals surface area contributed by atoms with E-state index in [2.05, 4.69) is 5.32 Å². The molecule has 0 bridgehead atoms. The third-order valence-electron chi connectivity index (χ3n) is 1.82. The van der Waals surface area contributed by atoms with Crippen LogP contribution in [0.3, 0.4) is 0 Å². The van der Waals surface area contributed by atoms with Crippen molar-refractivity contribution >= 4 is 34.8 Å². The smallest absolute Gasteiger partial charge is 0.250 e. The van der Waals surface area contributed by atoms with Gasteiger partial charge >= 0.3 is 0 Å². The van der Waals surface area contributed by atoms with Gasteiger partial charge in [-0.05, 0) is 26.0 Å². The molecule has 0 aliphatic heterocycles. The van der Waals surface area contributed by atoms with Crippen LogP contribution in [0.15, 0.2) is 12.1 Å². The van der Waals surface area contributed by atoms with E-state index in [9.17, 15) is 9.18 Å². The lowest BCUT2D eigenvalue weighted by Crippen LogP contribution is -2.20. The fourth-order valence-electron chi connectivity index (χ4n) is 1.07. The van der Waals surface area contributed by atoms with Gasteiger partial charge in [-0.3, -0.25) is 4.79 Å². The largest absolute Gasteiger partial charge is 0.369 e. The van der Waals surface area contributed by atoms with E-state index >= 15 is 0 Å². The lowest BCUT2D eigenvalue weighted by Gasteiger charge is -2.09. The fourth-order valence-corrected chi connectivity index (χ4v) is 1.55. The zero-order chi connectivity index (χ0) is 13.0. The zero-order valence-corrected chi connectivity index (χ0v) is 10.9. The second kappa shape index (κ2) is 6.19. The van der Waals surface area contributed by atoms with Crippen LogP contribution in [0.1, 0.15) is 13.8 Å². The van der Waals surface area contributed by atoms with Crippen LogP contribution in [0, 0.1) is 5.82 Å². The summed E-state index contributed by atoms with van der Waals surface area (Å²) >= 11 is 11.2. The third kappa shape index (κ3) is 4.50. The molecule has 1 aromatic carbocycles. The Labute approximate surface area is 109 Å². The number of hydrogen-bond donors (Lipinski definition) is 1. The molecular weight excluding hydrogens is 268 g/mol. The Hall–Kier alpha value is -0.840. The molecule has 0 saturated heterocycles. The molecule has 1 N–H and O–H groups in total. The molecule has 0 heterocycles. The lowest BCUT2D eigenvalue weighted by atomic mass is 10.3. The van der Waals surface area contributed by atoms with Crippen LogP contribution in [0.5, 0.6) is 0 Å². The number of amides is 1. The van der Waals surface area contributed by atoms with Crippen molar-refractivity contribution in [1.29, 1.82) is 0 Å². The van der Waals surface area contributed by atoms with Crippen LogP contribution in [-0.4, -0.2) is 18.6 Å². The summed E-state index contributed by atoms with van der Waals surface area (Å²) in [5.41, 5.74) is 0.332. The van der Waals surface area contributed by atoms with Crippen LogP contribution < -0.4 is 5.32 Å². The van der Waals surface area contributed by atoms with E-state index in [-0.39, 0.29) is 28.7 Å². The van der Waals surface area contributed by atoms with E-state index in [4.69, 9.17) is 27.9 Å². The van der Waals surface area contributed by atoms with Gasteiger partial charge in [0.1, 0.15) is 6.61 Å². The topological polar surface area (TPSA) is 38.3 Å². The summed E-state index contributed by atoms with van der Waals surface area (Å²) in [5.74, 6) is -1.05. The average molecular weight is 280 g/mol. The van der Waals surface area contributed by atoms with Gasteiger partial charge in [0.25, 0.3) is 0 Å². The molecule has 0 saturated carbocycles.